The van der Waals surface area contributed by atoms with Gasteiger partial charge in [-0.15, -0.1) is 0 Å². The number of ether oxygens (including phenoxy) is 1. The second-order valence-corrected chi connectivity index (χ2v) is 10.5. The van der Waals surface area contributed by atoms with E-state index in [1.807, 2.05) is 27.7 Å². The van der Waals surface area contributed by atoms with E-state index in [-0.39, 0.29) is 18.1 Å². The van der Waals surface area contributed by atoms with Crippen molar-refractivity contribution in [3.05, 3.63) is 23.3 Å². The summed E-state index contributed by atoms with van der Waals surface area (Å²) >= 11 is 0. The van der Waals surface area contributed by atoms with Gasteiger partial charge in [-0.25, -0.2) is 9.50 Å². The van der Waals surface area contributed by atoms with Gasteiger partial charge in [-0.1, -0.05) is 0 Å². The predicted molar refractivity (Wildman–Crippen MR) is 117 cm³/mol. The van der Waals surface area contributed by atoms with E-state index >= 15 is 0 Å². The fourth-order valence-corrected chi connectivity index (χ4v) is 6.31. The van der Waals surface area contributed by atoms with E-state index in [1.165, 1.54) is 14.9 Å². The average molecular weight is 466 g/mol. The predicted octanol–water partition coefficient (Wildman–Crippen LogP) is 0.172. The van der Waals surface area contributed by atoms with Crippen LogP contribution in [0.2, 0.25) is 0 Å². The Balaban J connectivity index is 1.34. The largest absolute Gasteiger partial charge is 0.373 e. The summed E-state index contributed by atoms with van der Waals surface area (Å²) in [4.78, 5) is 23.2. The Hall–Kier alpha value is -2.15. The van der Waals surface area contributed by atoms with Gasteiger partial charge >= 0.3 is 0 Å². The van der Waals surface area contributed by atoms with Crippen molar-refractivity contribution >= 4 is 21.9 Å². The van der Waals surface area contributed by atoms with Gasteiger partial charge in [0.2, 0.25) is 5.91 Å². The highest BCUT2D eigenvalue weighted by Gasteiger charge is 2.37. The number of nitrogens with zero attached hydrogens (tertiary/aromatic N) is 7. The lowest BCUT2D eigenvalue weighted by atomic mass is 10.1. The molecule has 2 atom stereocenters. The Morgan fingerprint density at radius 2 is 1.75 bits per heavy atom. The Bertz CT molecular complexity index is 1080. The first kappa shape index (κ1) is 23.0. The summed E-state index contributed by atoms with van der Waals surface area (Å²) < 4.78 is 36.4. The lowest BCUT2D eigenvalue weighted by Gasteiger charge is -2.40. The molecule has 12 heteroatoms. The normalized spacial score (nSPS) is 23.7. The molecule has 11 nitrogen and oxygen atoms in total. The molecule has 2 aliphatic rings. The van der Waals surface area contributed by atoms with Crippen LogP contribution in [0.15, 0.2) is 6.33 Å². The van der Waals surface area contributed by atoms with Crippen molar-refractivity contribution in [2.75, 3.05) is 39.3 Å². The van der Waals surface area contributed by atoms with Crippen molar-refractivity contribution in [2.45, 2.75) is 52.7 Å². The van der Waals surface area contributed by atoms with Gasteiger partial charge in [-0.05, 0) is 39.7 Å². The zero-order valence-corrected chi connectivity index (χ0v) is 19.9. The fraction of sp³-hybridized carbons (Fsp3) is 0.700. The molecule has 2 unspecified atom stereocenters. The van der Waals surface area contributed by atoms with Crippen LogP contribution in [-0.2, 0) is 26.2 Å². The lowest BCUT2D eigenvalue weighted by molar-refractivity contribution is -0.132. The van der Waals surface area contributed by atoms with Crippen LogP contribution in [0.4, 0.5) is 0 Å². The standard InChI is InChI=1S/C20H31N7O4S/c1-14-11-26(12-15(2)31-14)32(29,30)25-9-7-24(8-10-25)19(28)6-5-18-16(3)23-20-21-13-22-27(20)17(18)4/h13-15H,5-12H2,1-4H3. The number of aromatic nitrogens is 4. The van der Waals surface area contributed by atoms with Crippen molar-refractivity contribution in [1.29, 1.82) is 0 Å². The van der Waals surface area contributed by atoms with Crippen LogP contribution in [0, 0.1) is 13.8 Å². The average Bonchev–Trinajstić information content (AvgIpc) is 3.21. The maximum Gasteiger partial charge on any atom is 0.282 e. The second-order valence-electron chi connectivity index (χ2n) is 8.59. The molecule has 2 aromatic heterocycles. The van der Waals surface area contributed by atoms with Crippen molar-refractivity contribution < 1.29 is 17.9 Å². The highest BCUT2D eigenvalue weighted by Crippen LogP contribution is 2.20. The van der Waals surface area contributed by atoms with Crippen LogP contribution < -0.4 is 0 Å². The molecule has 0 radical (unpaired) electrons. The molecule has 0 aromatic carbocycles. The third-order valence-electron chi connectivity index (χ3n) is 6.21. The number of amides is 1. The van der Waals surface area contributed by atoms with Gasteiger partial charge in [0, 0.05) is 57.1 Å². The molecule has 2 aromatic rings. The molecule has 0 bridgehead atoms. The molecule has 1 amide bonds. The van der Waals surface area contributed by atoms with Crippen LogP contribution in [0.5, 0.6) is 0 Å². The van der Waals surface area contributed by atoms with Gasteiger partial charge in [0.15, 0.2) is 0 Å². The minimum atomic E-state index is -3.56. The smallest absolute Gasteiger partial charge is 0.282 e. The maximum absolute atomic E-state index is 13.1. The van der Waals surface area contributed by atoms with Gasteiger partial charge in [-0.3, -0.25) is 4.79 Å². The number of carbonyl (C=O) groups is 1. The van der Waals surface area contributed by atoms with Gasteiger partial charge in [0.05, 0.1) is 12.2 Å². The first-order valence-electron chi connectivity index (χ1n) is 11.0. The molecule has 0 saturated carbocycles. The number of hydrogen-bond donors (Lipinski definition) is 0. The van der Waals surface area contributed by atoms with E-state index in [0.717, 1.165) is 17.0 Å². The molecule has 32 heavy (non-hydrogen) atoms. The SMILES string of the molecule is Cc1nc2ncnn2c(C)c1CCC(=O)N1CCN(S(=O)(=O)N2CC(C)OC(C)C2)CC1. The number of piperazine rings is 1. The van der Waals surface area contributed by atoms with Crippen LogP contribution in [0.25, 0.3) is 5.78 Å². The summed E-state index contributed by atoms with van der Waals surface area (Å²) in [6.45, 7) is 9.74. The number of morpholine rings is 1. The highest BCUT2D eigenvalue weighted by atomic mass is 32.2. The maximum atomic E-state index is 13.1. The summed E-state index contributed by atoms with van der Waals surface area (Å²) in [7, 11) is -3.56. The van der Waals surface area contributed by atoms with Gasteiger partial charge in [0.25, 0.3) is 16.0 Å². The topological polar surface area (TPSA) is 113 Å². The number of rotatable bonds is 5. The van der Waals surface area contributed by atoms with Crippen molar-refractivity contribution in [2.24, 2.45) is 0 Å². The first-order chi connectivity index (χ1) is 15.2. The molecule has 0 N–H and O–H groups in total. The quantitative estimate of drug-likeness (QED) is 0.619. The molecule has 2 aliphatic heterocycles. The summed E-state index contributed by atoms with van der Waals surface area (Å²) in [5.74, 6) is 0.574. The van der Waals surface area contributed by atoms with Gasteiger partial charge < -0.3 is 9.64 Å². The molecule has 4 rings (SSSR count). The van der Waals surface area contributed by atoms with E-state index < -0.39 is 10.2 Å². The Morgan fingerprint density at radius 3 is 2.41 bits per heavy atom. The van der Waals surface area contributed by atoms with E-state index in [9.17, 15) is 13.2 Å². The minimum absolute atomic E-state index is 0.0214. The van der Waals surface area contributed by atoms with Crippen LogP contribution in [-0.4, -0.2) is 98.9 Å². The second kappa shape index (κ2) is 9.00. The van der Waals surface area contributed by atoms with E-state index in [4.69, 9.17) is 4.74 Å². The highest BCUT2D eigenvalue weighted by molar-refractivity contribution is 7.86. The van der Waals surface area contributed by atoms with Gasteiger partial charge in [-0.2, -0.15) is 27.1 Å². The molecular formula is C20H31N7O4S. The number of fused-ring (bicyclic) bond motifs is 1. The molecule has 176 valence electrons. The number of hydrogen-bond acceptors (Lipinski definition) is 7. The summed E-state index contributed by atoms with van der Waals surface area (Å²) in [5, 5.41) is 4.19. The third-order valence-corrected chi connectivity index (χ3v) is 8.18. The third kappa shape index (κ3) is 4.49. The molecular weight excluding hydrogens is 434 g/mol. The fourth-order valence-electron chi connectivity index (χ4n) is 4.56. The number of aryl methyl sites for hydroxylation is 2. The summed E-state index contributed by atoms with van der Waals surface area (Å²) in [5.41, 5.74) is 2.77. The van der Waals surface area contributed by atoms with E-state index in [0.29, 0.717) is 57.9 Å². The van der Waals surface area contributed by atoms with E-state index in [2.05, 4.69) is 15.1 Å². The van der Waals surface area contributed by atoms with E-state index in [1.54, 1.807) is 9.42 Å². The summed E-state index contributed by atoms with van der Waals surface area (Å²) in [6.07, 6.45) is 2.11. The Morgan fingerprint density at radius 1 is 1.09 bits per heavy atom. The molecule has 0 spiro atoms. The van der Waals surface area contributed by atoms with Crippen LogP contribution in [0.1, 0.15) is 37.2 Å². The Kier molecular flexibility index (Phi) is 6.48. The zero-order chi connectivity index (χ0) is 23.0. The van der Waals surface area contributed by atoms with Crippen molar-refractivity contribution in [3.63, 3.8) is 0 Å². The van der Waals surface area contributed by atoms with Crippen LogP contribution in [0.3, 0.4) is 0 Å². The molecule has 4 heterocycles. The lowest BCUT2D eigenvalue weighted by Crippen LogP contribution is -2.57. The minimum Gasteiger partial charge on any atom is -0.373 e. The van der Waals surface area contributed by atoms with Crippen molar-refractivity contribution in [3.8, 4) is 0 Å². The van der Waals surface area contributed by atoms with Crippen molar-refractivity contribution in [1.82, 2.24) is 33.1 Å². The number of carbonyl (C=O) groups excluding carboxylic acids is 1. The molecule has 2 fully saturated rings. The van der Waals surface area contributed by atoms with Gasteiger partial charge in [0.1, 0.15) is 6.33 Å². The molecule has 0 aliphatic carbocycles. The van der Waals surface area contributed by atoms with Crippen LogP contribution >= 0.6 is 0 Å². The summed E-state index contributed by atoms with van der Waals surface area (Å²) in [6, 6.07) is 0. The molecule has 2 saturated heterocycles. The Labute approximate surface area is 188 Å². The monoisotopic (exact) mass is 465 g/mol. The first-order valence-corrected chi connectivity index (χ1v) is 12.4. The zero-order valence-electron chi connectivity index (χ0n) is 19.1.